The van der Waals surface area contributed by atoms with Crippen LogP contribution >= 0.6 is 12.2 Å². The summed E-state index contributed by atoms with van der Waals surface area (Å²) in [6.45, 7) is 5.26. The number of thiocarbonyl (C=S) groups is 1. The zero-order valence-electron chi connectivity index (χ0n) is 14.0. The summed E-state index contributed by atoms with van der Waals surface area (Å²) in [5, 5.41) is 0.290. The molecule has 0 saturated carbocycles. The number of amides is 1. The average molecular weight is 357 g/mol. The SMILES string of the molecule is Cc1ccc(CN2C(=O)C3C=C(N4CCOCC4)C=CC3=NC2=S)o1. The molecule has 3 aliphatic rings. The normalized spacial score (nSPS) is 23.5. The highest BCUT2D eigenvalue weighted by Gasteiger charge is 2.35. The van der Waals surface area contributed by atoms with Crippen molar-refractivity contribution in [3.8, 4) is 0 Å². The Morgan fingerprint density at radius 1 is 1.28 bits per heavy atom. The lowest BCUT2D eigenvalue weighted by atomic mass is 9.93. The number of morpholine rings is 1. The Balaban J connectivity index is 1.58. The fourth-order valence-electron chi connectivity index (χ4n) is 3.23. The molecule has 0 spiro atoms. The molecule has 1 amide bonds. The first-order valence-corrected chi connectivity index (χ1v) is 8.74. The van der Waals surface area contributed by atoms with Crippen molar-refractivity contribution < 1.29 is 13.9 Å². The Kier molecular flexibility index (Phi) is 4.27. The number of furan rings is 1. The fraction of sp³-hybridized carbons (Fsp3) is 0.389. The molecule has 1 unspecified atom stereocenters. The van der Waals surface area contributed by atoms with Crippen LogP contribution in [0.25, 0.3) is 0 Å². The van der Waals surface area contributed by atoms with Crippen LogP contribution in [0.1, 0.15) is 11.5 Å². The van der Waals surface area contributed by atoms with Gasteiger partial charge in [-0.1, -0.05) is 0 Å². The van der Waals surface area contributed by atoms with E-state index in [0.717, 1.165) is 24.5 Å². The Morgan fingerprint density at radius 2 is 2.08 bits per heavy atom. The van der Waals surface area contributed by atoms with E-state index in [0.29, 0.717) is 31.2 Å². The minimum absolute atomic E-state index is 0.0563. The maximum Gasteiger partial charge on any atom is 0.242 e. The number of hydrogen-bond donors (Lipinski definition) is 0. The lowest BCUT2D eigenvalue weighted by Crippen LogP contribution is -2.46. The van der Waals surface area contributed by atoms with Gasteiger partial charge in [0.2, 0.25) is 11.0 Å². The molecule has 25 heavy (non-hydrogen) atoms. The van der Waals surface area contributed by atoms with Crippen LogP contribution in [0.2, 0.25) is 0 Å². The predicted octanol–water partition coefficient (Wildman–Crippen LogP) is 2.06. The molecule has 2 aliphatic heterocycles. The molecular weight excluding hydrogens is 338 g/mol. The second kappa shape index (κ2) is 6.57. The van der Waals surface area contributed by atoms with Crippen LogP contribution in [0.3, 0.4) is 0 Å². The number of allylic oxidation sites excluding steroid dienone is 2. The maximum atomic E-state index is 13.0. The Morgan fingerprint density at radius 3 is 2.80 bits per heavy atom. The molecule has 1 atom stereocenters. The van der Waals surface area contributed by atoms with Gasteiger partial charge in [-0.25, -0.2) is 4.99 Å². The molecule has 0 N–H and O–H groups in total. The molecule has 0 bridgehead atoms. The minimum atomic E-state index is -0.398. The Hall–Kier alpha value is -2.25. The summed E-state index contributed by atoms with van der Waals surface area (Å²) in [6.07, 6.45) is 5.88. The van der Waals surface area contributed by atoms with E-state index >= 15 is 0 Å². The second-order valence-corrected chi connectivity index (χ2v) is 6.62. The van der Waals surface area contributed by atoms with E-state index in [9.17, 15) is 4.79 Å². The van der Waals surface area contributed by atoms with Gasteiger partial charge in [-0.05, 0) is 49.5 Å². The summed E-state index contributed by atoms with van der Waals surface area (Å²) >= 11 is 5.33. The lowest BCUT2D eigenvalue weighted by Gasteiger charge is -2.34. The highest BCUT2D eigenvalue weighted by atomic mass is 32.1. The van der Waals surface area contributed by atoms with E-state index in [1.807, 2.05) is 37.3 Å². The van der Waals surface area contributed by atoms with E-state index in [1.54, 1.807) is 0 Å². The number of nitrogens with zero attached hydrogens (tertiary/aromatic N) is 3. The van der Waals surface area contributed by atoms with E-state index in [1.165, 1.54) is 4.90 Å². The average Bonchev–Trinajstić information content (AvgIpc) is 3.04. The maximum absolute atomic E-state index is 13.0. The number of hydrogen-bond acceptors (Lipinski definition) is 5. The van der Waals surface area contributed by atoms with Crippen LogP contribution in [0.4, 0.5) is 0 Å². The van der Waals surface area contributed by atoms with E-state index in [2.05, 4.69) is 9.89 Å². The predicted molar refractivity (Wildman–Crippen MR) is 97.1 cm³/mol. The number of ether oxygens (including phenoxy) is 1. The fourth-order valence-corrected chi connectivity index (χ4v) is 3.49. The number of rotatable bonds is 3. The third-order valence-corrected chi connectivity index (χ3v) is 4.87. The van der Waals surface area contributed by atoms with Gasteiger partial charge in [0, 0.05) is 18.8 Å². The topological polar surface area (TPSA) is 58.3 Å². The number of carbonyl (C=O) groups excluding carboxylic acids is 1. The van der Waals surface area contributed by atoms with Crippen LogP contribution in [-0.2, 0) is 16.1 Å². The molecule has 1 aromatic rings. The van der Waals surface area contributed by atoms with Crippen molar-refractivity contribution >= 4 is 28.9 Å². The highest BCUT2D eigenvalue weighted by Crippen LogP contribution is 2.26. The van der Waals surface area contributed by atoms with Crippen molar-refractivity contribution in [3.63, 3.8) is 0 Å². The van der Waals surface area contributed by atoms with Gasteiger partial charge in [-0.3, -0.25) is 9.69 Å². The van der Waals surface area contributed by atoms with Crippen molar-refractivity contribution in [3.05, 3.63) is 47.6 Å². The van der Waals surface area contributed by atoms with Gasteiger partial charge in [0.25, 0.3) is 0 Å². The molecule has 0 aromatic carbocycles. The van der Waals surface area contributed by atoms with Crippen LogP contribution in [0.5, 0.6) is 0 Å². The molecule has 4 rings (SSSR count). The van der Waals surface area contributed by atoms with Crippen molar-refractivity contribution in [1.82, 2.24) is 9.80 Å². The van der Waals surface area contributed by atoms with Crippen molar-refractivity contribution in [2.45, 2.75) is 13.5 Å². The summed E-state index contributed by atoms with van der Waals surface area (Å²) in [5.74, 6) is 1.06. The van der Waals surface area contributed by atoms with Gasteiger partial charge in [0.1, 0.15) is 17.4 Å². The van der Waals surface area contributed by atoms with E-state index in [4.69, 9.17) is 21.4 Å². The Labute approximate surface area is 151 Å². The first kappa shape index (κ1) is 16.2. The zero-order valence-corrected chi connectivity index (χ0v) is 14.8. The summed E-state index contributed by atoms with van der Waals surface area (Å²) < 4.78 is 11.0. The smallest absolute Gasteiger partial charge is 0.242 e. The highest BCUT2D eigenvalue weighted by molar-refractivity contribution is 7.80. The molecule has 7 heteroatoms. The van der Waals surface area contributed by atoms with Gasteiger partial charge in [-0.2, -0.15) is 0 Å². The Bertz CT molecular complexity index is 802. The van der Waals surface area contributed by atoms with Crippen LogP contribution in [0, 0.1) is 12.8 Å². The first-order valence-electron chi connectivity index (χ1n) is 8.33. The minimum Gasteiger partial charge on any atom is -0.464 e. The molecule has 0 radical (unpaired) electrons. The van der Waals surface area contributed by atoms with Gasteiger partial charge in [0.05, 0.1) is 25.5 Å². The summed E-state index contributed by atoms with van der Waals surface area (Å²) in [4.78, 5) is 21.2. The summed E-state index contributed by atoms with van der Waals surface area (Å²) in [6, 6.07) is 3.74. The number of carbonyl (C=O) groups is 1. The van der Waals surface area contributed by atoms with Crippen molar-refractivity contribution in [2.24, 2.45) is 10.9 Å². The molecule has 3 heterocycles. The molecule has 1 fully saturated rings. The standard InChI is InChI=1S/C18H19N3O3S/c1-12-2-4-14(24-12)11-21-17(22)15-10-13(20-6-8-23-9-7-20)3-5-16(15)19-18(21)25/h2-5,10,15H,6-9,11H2,1H3. The third kappa shape index (κ3) is 3.17. The first-order chi connectivity index (χ1) is 12.1. The largest absolute Gasteiger partial charge is 0.464 e. The second-order valence-electron chi connectivity index (χ2n) is 6.26. The summed E-state index contributed by atoms with van der Waals surface area (Å²) in [5.41, 5.74) is 1.75. The van der Waals surface area contributed by atoms with Crippen LogP contribution in [-0.4, -0.2) is 52.8 Å². The van der Waals surface area contributed by atoms with Crippen LogP contribution in [0.15, 0.2) is 45.5 Å². The quantitative estimate of drug-likeness (QED) is 0.775. The molecule has 1 aromatic heterocycles. The lowest BCUT2D eigenvalue weighted by molar-refractivity contribution is -0.129. The van der Waals surface area contributed by atoms with E-state index in [-0.39, 0.29) is 11.0 Å². The molecular formula is C18H19N3O3S. The molecule has 130 valence electrons. The van der Waals surface area contributed by atoms with Crippen molar-refractivity contribution in [1.29, 1.82) is 0 Å². The third-order valence-electron chi connectivity index (χ3n) is 4.55. The van der Waals surface area contributed by atoms with Gasteiger partial charge < -0.3 is 14.1 Å². The molecule has 1 aliphatic carbocycles. The zero-order chi connectivity index (χ0) is 17.4. The van der Waals surface area contributed by atoms with Crippen LogP contribution < -0.4 is 0 Å². The van der Waals surface area contributed by atoms with Crippen molar-refractivity contribution in [2.75, 3.05) is 26.3 Å². The summed E-state index contributed by atoms with van der Waals surface area (Å²) in [7, 11) is 0. The number of aliphatic imine (C=N–C) groups is 1. The van der Waals surface area contributed by atoms with Gasteiger partial charge >= 0.3 is 0 Å². The van der Waals surface area contributed by atoms with Gasteiger partial charge in [0.15, 0.2) is 0 Å². The molecule has 6 nitrogen and oxygen atoms in total. The van der Waals surface area contributed by atoms with E-state index < -0.39 is 5.92 Å². The molecule has 1 saturated heterocycles. The number of aryl methyl sites for hydroxylation is 1. The van der Waals surface area contributed by atoms with Gasteiger partial charge in [-0.15, -0.1) is 0 Å². The number of fused-ring (bicyclic) bond motifs is 1. The monoisotopic (exact) mass is 357 g/mol.